The molecule has 1 saturated heterocycles. The molecule has 3 heteroatoms. The summed E-state index contributed by atoms with van der Waals surface area (Å²) in [5.41, 5.74) is 0. The van der Waals surface area contributed by atoms with Gasteiger partial charge in [0.05, 0.1) is 18.8 Å². The number of nitrogens with one attached hydrogen (secondary N) is 1. The second-order valence-electron chi connectivity index (χ2n) is 5.35. The third kappa shape index (κ3) is 5.83. The predicted octanol–water partition coefficient (Wildman–Crippen LogP) is 2.20. The van der Waals surface area contributed by atoms with E-state index in [2.05, 4.69) is 33.0 Å². The largest absolute Gasteiger partial charge is 0.380 e. The van der Waals surface area contributed by atoms with Crippen molar-refractivity contribution in [2.45, 2.75) is 58.8 Å². The summed E-state index contributed by atoms with van der Waals surface area (Å²) in [6.45, 7) is 11.3. The van der Waals surface area contributed by atoms with E-state index in [0.29, 0.717) is 24.2 Å². The van der Waals surface area contributed by atoms with Gasteiger partial charge in [0.25, 0.3) is 0 Å². The van der Waals surface area contributed by atoms with Crippen molar-refractivity contribution < 1.29 is 9.47 Å². The van der Waals surface area contributed by atoms with Gasteiger partial charge in [-0.2, -0.15) is 0 Å². The van der Waals surface area contributed by atoms with Crippen molar-refractivity contribution in [1.29, 1.82) is 0 Å². The Morgan fingerprint density at radius 3 is 2.44 bits per heavy atom. The van der Waals surface area contributed by atoms with E-state index in [1.807, 2.05) is 0 Å². The second-order valence-corrected chi connectivity index (χ2v) is 5.35. The minimum Gasteiger partial charge on any atom is -0.380 e. The maximum atomic E-state index is 5.70. The Morgan fingerprint density at radius 1 is 1.25 bits per heavy atom. The summed E-state index contributed by atoms with van der Waals surface area (Å²) in [6.07, 6.45) is 3.01. The molecule has 96 valence electrons. The molecule has 1 N–H and O–H groups in total. The highest BCUT2D eigenvalue weighted by Gasteiger charge is 2.23. The molecule has 1 aliphatic rings. The standard InChI is InChI=1S/C13H27NO2/c1-10(2)9-15-6-5-14-13-7-11(3)16-12(4)8-13/h10-14H,5-9H2,1-4H3. The molecule has 0 aromatic heterocycles. The molecule has 2 atom stereocenters. The molecular formula is C13H27NO2. The molecule has 0 aromatic carbocycles. The summed E-state index contributed by atoms with van der Waals surface area (Å²) in [4.78, 5) is 0. The van der Waals surface area contributed by atoms with Crippen molar-refractivity contribution in [3.63, 3.8) is 0 Å². The van der Waals surface area contributed by atoms with Crippen LogP contribution in [0.15, 0.2) is 0 Å². The van der Waals surface area contributed by atoms with Crippen molar-refractivity contribution in [2.75, 3.05) is 19.8 Å². The molecule has 1 fully saturated rings. The summed E-state index contributed by atoms with van der Waals surface area (Å²) in [5, 5.41) is 3.55. The van der Waals surface area contributed by atoms with Crippen LogP contribution in [0.1, 0.15) is 40.5 Å². The molecule has 0 aliphatic carbocycles. The Morgan fingerprint density at radius 2 is 1.88 bits per heavy atom. The smallest absolute Gasteiger partial charge is 0.0591 e. The quantitative estimate of drug-likeness (QED) is 0.708. The lowest BCUT2D eigenvalue weighted by atomic mass is 10.00. The highest BCUT2D eigenvalue weighted by atomic mass is 16.5. The van der Waals surface area contributed by atoms with Crippen LogP contribution in [0.2, 0.25) is 0 Å². The summed E-state index contributed by atoms with van der Waals surface area (Å²) in [7, 11) is 0. The summed E-state index contributed by atoms with van der Waals surface area (Å²) >= 11 is 0. The normalized spacial score (nSPS) is 30.9. The average Bonchev–Trinajstić information content (AvgIpc) is 2.15. The molecule has 0 radical (unpaired) electrons. The Labute approximate surface area is 99.9 Å². The Bertz CT molecular complexity index is 175. The average molecular weight is 229 g/mol. The highest BCUT2D eigenvalue weighted by molar-refractivity contribution is 4.78. The molecule has 0 amide bonds. The number of ether oxygens (including phenoxy) is 2. The van der Waals surface area contributed by atoms with Gasteiger partial charge in [-0.25, -0.2) is 0 Å². The summed E-state index contributed by atoms with van der Waals surface area (Å²) in [6, 6.07) is 0.599. The van der Waals surface area contributed by atoms with Gasteiger partial charge in [0.15, 0.2) is 0 Å². The molecule has 0 aromatic rings. The summed E-state index contributed by atoms with van der Waals surface area (Å²) in [5.74, 6) is 0.628. The van der Waals surface area contributed by atoms with E-state index in [1.165, 1.54) is 0 Å². The predicted molar refractivity (Wildman–Crippen MR) is 66.7 cm³/mol. The summed E-state index contributed by atoms with van der Waals surface area (Å²) < 4.78 is 11.3. The molecule has 0 spiro atoms. The van der Waals surface area contributed by atoms with E-state index in [1.54, 1.807) is 0 Å². The van der Waals surface area contributed by atoms with Gasteiger partial charge >= 0.3 is 0 Å². The van der Waals surface area contributed by atoms with Crippen molar-refractivity contribution in [3.05, 3.63) is 0 Å². The van der Waals surface area contributed by atoms with Gasteiger partial charge in [0, 0.05) is 19.2 Å². The van der Waals surface area contributed by atoms with Crippen LogP contribution in [0.4, 0.5) is 0 Å². The Hall–Kier alpha value is -0.120. The monoisotopic (exact) mass is 229 g/mol. The molecule has 0 saturated carbocycles. The lowest BCUT2D eigenvalue weighted by molar-refractivity contribution is -0.0428. The topological polar surface area (TPSA) is 30.5 Å². The van der Waals surface area contributed by atoms with Crippen LogP contribution in [-0.4, -0.2) is 38.0 Å². The van der Waals surface area contributed by atoms with E-state index in [-0.39, 0.29) is 0 Å². The van der Waals surface area contributed by atoms with E-state index >= 15 is 0 Å². The SMILES string of the molecule is CC(C)COCCNC1CC(C)OC(C)C1. The van der Waals surface area contributed by atoms with Crippen LogP contribution in [-0.2, 0) is 9.47 Å². The lowest BCUT2D eigenvalue weighted by Crippen LogP contribution is -2.42. The maximum absolute atomic E-state index is 5.70. The number of hydrogen-bond acceptors (Lipinski definition) is 3. The van der Waals surface area contributed by atoms with Gasteiger partial charge < -0.3 is 14.8 Å². The van der Waals surface area contributed by atoms with E-state index in [4.69, 9.17) is 9.47 Å². The fraction of sp³-hybridized carbons (Fsp3) is 1.00. The molecular weight excluding hydrogens is 202 g/mol. The Kier molecular flexibility index (Phi) is 6.32. The molecule has 1 rings (SSSR count). The first kappa shape index (κ1) is 13.9. The Balaban J connectivity index is 2.04. The fourth-order valence-electron chi connectivity index (χ4n) is 2.23. The van der Waals surface area contributed by atoms with Crippen molar-refractivity contribution >= 4 is 0 Å². The van der Waals surface area contributed by atoms with E-state index in [9.17, 15) is 0 Å². The van der Waals surface area contributed by atoms with Crippen molar-refractivity contribution in [3.8, 4) is 0 Å². The van der Waals surface area contributed by atoms with Crippen LogP contribution >= 0.6 is 0 Å². The molecule has 1 aliphatic heterocycles. The van der Waals surface area contributed by atoms with Gasteiger partial charge in [-0.15, -0.1) is 0 Å². The fourth-order valence-corrected chi connectivity index (χ4v) is 2.23. The minimum atomic E-state index is 0.387. The molecule has 16 heavy (non-hydrogen) atoms. The van der Waals surface area contributed by atoms with Gasteiger partial charge in [-0.3, -0.25) is 0 Å². The number of rotatable bonds is 6. The number of hydrogen-bond donors (Lipinski definition) is 1. The van der Waals surface area contributed by atoms with Gasteiger partial charge in [-0.1, -0.05) is 13.8 Å². The third-order valence-electron chi connectivity index (χ3n) is 2.83. The van der Waals surface area contributed by atoms with Crippen molar-refractivity contribution in [2.24, 2.45) is 5.92 Å². The van der Waals surface area contributed by atoms with Gasteiger partial charge in [0.2, 0.25) is 0 Å². The highest BCUT2D eigenvalue weighted by Crippen LogP contribution is 2.18. The maximum Gasteiger partial charge on any atom is 0.0591 e. The minimum absolute atomic E-state index is 0.387. The van der Waals surface area contributed by atoms with Gasteiger partial charge in [-0.05, 0) is 32.6 Å². The lowest BCUT2D eigenvalue weighted by Gasteiger charge is -2.32. The van der Waals surface area contributed by atoms with Gasteiger partial charge in [0.1, 0.15) is 0 Å². The first-order chi connectivity index (χ1) is 7.58. The first-order valence-corrected chi connectivity index (χ1v) is 6.54. The van der Waals surface area contributed by atoms with Crippen LogP contribution in [0.25, 0.3) is 0 Å². The second kappa shape index (κ2) is 7.25. The first-order valence-electron chi connectivity index (χ1n) is 6.54. The molecule has 0 bridgehead atoms. The van der Waals surface area contributed by atoms with Crippen LogP contribution < -0.4 is 5.32 Å². The van der Waals surface area contributed by atoms with Crippen molar-refractivity contribution in [1.82, 2.24) is 5.32 Å². The third-order valence-corrected chi connectivity index (χ3v) is 2.83. The molecule has 3 nitrogen and oxygen atoms in total. The van der Waals surface area contributed by atoms with Crippen LogP contribution in [0.3, 0.4) is 0 Å². The van der Waals surface area contributed by atoms with E-state index in [0.717, 1.165) is 32.6 Å². The zero-order valence-corrected chi connectivity index (χ0v) is 11.2. The van der Waals surface area contributed by atoms with Crippen LogP contribution in [0.5, 0.6) is 0 Å². The molecule has 2 unspecified atom stereocenters. The molecule has 1 heterocycles. The zero-order chi connectivity index (χ0) is 12.0. The zero-order valence-electron chi connectivity index (χ0n) is 11.2. The van der Waals surface area contributed by atoms with Crippen LogP contribution in [0, 0.1) is 5.92 Å². The van der Waals surface area contributed by atoms with E-state index < -0.39 is 0 Å².